The third-order valence-corrected chi connectivity index (χ3v) is 3.16. The highest BCUT2D eigenvalue weighted by Crippen LogP contribution is 2.32. The van der Waals surface area contributed by atoms with Crippen molar-refractivity contribution < 1.29 is 9.59 Å². The fourth-order valence-corrected chi connectivity index (χ4v) is 1.98. The van der Waals surface area contributed by atoms with E-state index in [0.29, 0.717) is 10.7 Å². The second kappa shape index (κ2) is 6.78. The van der Waals surface area contributed by atoms with Gasteiger partial charge in [-0.2, -0.15) is 0 Å². The lowest BCUT2D eigenvalue weighted by atomic mass is 10.2. The quantitative estimate of drug-likeness (QED) is 0.930. The summed E-state index contributed by atoms with van der Waals surface area (Å²) in [6, 6.07) is 4.97. The van der Waals surface area contributed by atoms with E-state index in [1.807, 2.05) is 13.8 Å². The average Bonchev–Trinajstić information content (AvgIpc) is 2.29. The molecule has 4 nitrogen and oxygen atoms in total. The molecule has 0 atom stereocenters. The SMILES string of the molecule is CC(=O)N(CC(=O)NC(C)C)c1cccc(Cl)c1Cl. The minimum atomic E-state index is -0.275. The van der Waals surface area contributed by atoms with Crippen LogP contribution in [-0.2, 0) is 9.59 Å². The molecule has 1 aromatic rings. The molecule has 0 aliphatic heterocycles. The summed E-state index contributed by atoms with van der Waals surface area (Å²) in [4.78, 5) is 24.7. The number of benzene rings is 1. The first-order valence-electron chi connectivity index (χ1n) is 5.84. The van der Waals surface area contributed by atoms with E-state index in [-0.39, 0.29) is 29.4 Å². The van der Waals surface area contributed by atoms with E-state index in [2.05, 4.69) is 5.32 Å². The number of rotatable bonds is 4. The maximum absolute atomic E-state index is 11.8. The number of carbonyl (C=O) groups excluding carboxylic acids is 2. The number of hydrogen-bond donors (Lipinski definition) is 1. The van der Waals surface area contributed by atoms with Crippen molar-refractivity contribution in [3.05, 3.63) is 28.2 Å². The Hall–Kier alpha value is -1.26. The minimum Gasteiger partial charge on any atom is -0.352 e. The van der Waals surface area contributed by atoms with E-state index in [1.54, 1.807) is 18.2 Å². The van der Waals surface area contributed by atoms with Gasteiger partial charge >= 0.3 is 0 Å². The Kier molecular flexibility index (Phi) is 5.63. The lowest BCUT2D eigenvalue weighted by Gasteiger charge is -2.22. The van der Waals surface area contributed by atoms with Crippen LogP contribution >= 0.6 is 23.2 Å². The minimum absolute atomic E-state index is 0.0103. The van der Waals surface area contributed by atoms with Crippen LogP contribution in [0.5, 0.6) is 0 Å². The number of halogens is 2. The van der Waals surface area contributed by atoms with Gasteiger partial charge in [0.05, 0.1) is 15.7 Å². The van der Waals surface area contributed by atoms with Crippen LogP contribution in [0.2, 0.25) is 10.0 Å². The summed E-state index contributed by atoms with van der Waals surface area (Å²) in [5.41, 5.74) is 0.431. The summed E-state index contributed by atoms with van der Waals surface area (Å²) in [6.07, 6.45) is 0. The molecule has 0 heterocycles. The molecule has 1 rings (SSSR count). The van der Waals surface area contributed by atoms with Crippen molar-refractivity contribution in [2.45, 2.75) is 26.8 Å². The molecule has 0 spiro atoms. The van der Waals surface area contributed by atoms with E-state index in [1.165, 1.54) is 11.8 Å². The molecule has 0 aliphatic carbocycles. The van der Waals surface area contributed by atoms with E-state index < -0.39 is 0 Å². The highest BCUT2D eigenvalue weighted by molar-refractivity contribution is 6.44. The molecular weight excluding hydrogens is 287 g/mol. The Labute approximate surface area is 122 Å². The van der Waals surface area contributed by atoms with Crippen LogP contribution in [-0.4, -0.2) is 24.4 Å². The Morgan fingerprint density at radius 3 is 2.47 bits per heavy atom. The summed E-state index contributed by atoms with van der Waals surface area (Å²) in [7, 11) is 0. The van der Waals surface area contributed by atoms with Crippen molar-refractivity contribution in [1.29, 1.82) is 0 Å². The molecule has 104 valence electrons. The van der Waals surface area contributed by atoms with Crippen LogP contribution in [0, 0.1) is 0 Å². The number of anilines is 1. The molecule has 0 saturated heterocycles. The number of hydrogen-bond acceptors (Lipinski definition) is 2. The number of amides is 2. The predicted molar refractivity (Wildman–Crippen MR) is 77.8 cm³/mol. The summed E-state index contributed by atoms with van der Waals surface area (Å²) in [5, 5.41) is 3.33. The zero-order valence-electron chi connectivity index (χ0n) is 11.0. The molecular formula is C13H16Cl2N2O2. The van der Waals surface area contributed by atoms with Gasteiger partial charge in [-0.15, -0.1) is 0 Å². The predicted octanol–water partition coefficient (Wildman–Crippen LogP) is 2.87. The fraction of sp³-hybridized carbons (Fsp3) is 0.385. The molecule has 0 radical (unpaired) electrons. The Morgan fingerprint density at radius 1 is 1.32 bits per heavy atom. The van der Waals surface area contributed by atoms with Crippen LogP contribution in [0.15, 0.2) is 18.2 Å². The maximum Gasteiger partial charge on any atom is 0.240 e. The highest BCUT2D eigenvalue weighted by Gasteiger charge is 2.19. The smallest absolute Gasteiger partial charge is 0.240 e. The fourth-order valence-electron chi connectivity index (χ4n) is 1.58. The van der Waals surface area contributed by atoms with E-state index in [0.717, 1.165) is 0 Å². The zero-order valence-corrected chi connectivity index (χ0v) is 12.5. The van der Waals surface area contributed by atoms with Crippen LogP contribution in [0.3, 0.4) is 0 Å². The standard InChI is InChI=1S/C13H16Cl2N2O2/c1-8(2)16-12(19)7-17(9(3)18)11-6-4-5-10(14)13(11)15/h4-6,8H,7H2,1-3H3,(H,16,19). The van der Waals surface area contributed by atoms with Gasteiger partial charge in [0, 0.05) is 13.0 Å². The van der Waals surface area contributed by atoms with Crippen LogP contribution in [0.25, 0.3) is 0 Å². The van der Waals surface area contributed by atoms with Crippen molar-refractivity contribution in [3.63, 3.8) is 0 Å². The van der Waals surface area contributed by atoms with Crippen molar-refractivity contribution in [1.82, 2.24) is 5.32 Å². The molecule has 1 aromatic carbocycles. The first kappa shape index (κ1) is 15.8. The normalized spacial score (nSPS) is 10.4. The van der Waals surface area contributed by atoms with Gasteiger partial charge in [-0.05, 0) is 26.0 Å². The van der Waals surface area contributed by atoms with Gasteiger partial charge in [0.2, 0.25) is 11.8 Å². The molecule has 0 aromatic heterocycles. The van der Waals surface area contributed by atoms with Crippen molar-refractivity contribution >= 4 is 40.7 Å². The van der Waals surface area contributed by atoms with Gasteiger partial charge < -0.3 is 10.2 Å². The van der Waals surface area contributed by atoms with Crippen LogP contribution < -0.4 is 10.2 Å². The van der Waals surface area contributed by atoms with Crippen LogP contribution in [0.4, 0.5) is 5.69 Å². The van der Waals surface area contributed by atoms with Gasteiger partial charge in [-0.3, -0.25) is 9.59 Å². The number of nitrogens with one attached hydrogen (secondary N) is 1. The van der Waals surface area contributed by atoms with Gasteiger partial charge in [-0.25, -0.2) is 0 Å². The van der Waals surface area contributed by atoms with Gasteiger partial charge in [0.25, 0.3) is 0 Å². The topological polar surface area (TPSA) is 49.4 Å². The molecule has 2 amide bonds. The lowest BCUT2D eigenvalue weighted by Crippen LogP contribution is -2.42. The Bertz CT molecular complexity index is 490. The van der Waals surface area contributed by atoms with Crippen molar-refractivity contribution in [3.8, 4) is 0 Å². The molecule has 19 heavy (non-hydrogen) atoms. The Balaban J connectivity index is 2.98. The summed E-state index contributed by atoms with van der Waals surface area (Å²) >= 11 is 12.0. The third kappa shape index (κ3) is 4.40. The first-order chi connectivity index (χ1) is 8.82. The second-order valence-electron chi connectivity index (χ2n) is 4.40. The largest absolute Gasteiger partial charge is 0.352 e. The molecule has 0 fully saturated rings. The summed E-state index contributed by atoms with van der Waals surface area (Å²) < 4.78 is 0. The molecule has 0 unspecified atom stereocenters. The van der Waals surface area contributed by atoms with Gasteiger partial charge in [-0.1, -0.05) is 29.3 Å². The molecule has 0 bridgehead atoms. The van der Waals surface area contributed by atoms with Gasteiger partial charge in [0.1, 0.15) is 6.54 Å². The third-order valence-electron chi connectivity index (χ3n) is 2.35. The summed E-state index contributed by atoms with van der Waals surface area (Å²) in [5.74, 6) is -0.524. The number of nitrogens with zero attached hydrogens (tertiary/aromatic N) is 1. The van der Waals surface area contributed by atoms with Crippen molar-refractivity contribution in [2.75, 3.05) is 11.4 Å². The molecule has 0 aliphatic rings. The lowest BCUT2D eigenvalue weighted by molar-refractivity contribution is -0.123. The van der Waals surface area contributed by atoms with E-state index in [9.17, 15) is 9.59 Å². The zero-order chi connectivity index (χ0) is 14.6. The monoisotopic (exact) mass is 302 g/mol. The van der Waals surface area contributed by atoms with Crippen LogP contribution in [0.1, 0.15) is 20.8 Å². The van der Waals surface area contributed by atoms with Gasteiger partial charge in [0.15, 0.2) is 0 Å². The second-order valence-corrected chi connectivity index (χ2v) is 5.19. The first-order valence-corrected chi connectivity index (χ1v) is 6.60. The molecule has 6 heteroatoms. The van der Waals surface area contributed by atoms with Crippen molar-refractivity contribution in [2.24, 2.45) is 0 Å². The Morgan fingerprint density at radius 2 is 1.95 bits per heavy atom. The highest BCUT2D eigenvalue weighted by atomic mass is 35.5. The molecule has 1 N–H and O–H groups in total. The average molecular weight is 303 g/mol. The number of carbonyl (C=O) groups is 2. The summed E-state index contributed by atoms with van der Waals surface area (Å²) in [6.45, 7) is 4.98. The maximum atomic E-state index is 11.8. The van der Waals surface area contributed by atoms with E-state index >= 15 is 0 Å². The molecule has 0 saturated carbocycles. The van der Waals surface area contributed by atoms with E-state index in [4.69, 9.17) is 23.2 Å².